The van der Waals surface area contributed by atoms with E-state index in [2.05, 4.69) is 23.5 Å². The highest BCUT2D eigenvalue weighted by Crippen LogP contribution is 2.24. The summed E-state index contributed by atoms with van der Waals surface area (Å²) in [6.07, 6.45) is 1.51. The van der Waals surface area contributed by atoms with Crippen LogP contribution in [0.25, 0.3) is 10.8 Å². The molecule has 25 heavy (non-hydrogen) atoms. The number of benzene rings is 2. The summed E-state index contributed by atoms with van der Waals surface area (Å²) in [7, 11) is -3.67. The van der Waals surface area contributed by atoms with Crippen LogP contribution in [0.3, 0.4) is 0 Å². The van der Waals surface area contributed by atoms with Gasteiger partial charge in [-0.25, -0.2) is 13.1 Å². The molecule has 2 N–H and O–H groups in total. The van der Waals surface area contributed by atoms with Crippen LogP contribution in [0.5, 0.6) is 0 Å². The van der Waals surface area contributed by atoms with Crippen molar-refractivity contribution in [1.82, 2.24) is 9.62 Å². The molecule has 0 aliphatic carbocycles. The summed E-state index contributed by atoms with van der Waals surface area (Å²) in [6, 6.07) is 13.5. The zero-order chi connectivity index (χ0) is 18.0. The molecule has 0 saturated carbocycles. The van der Waals surface area contributed by atoms with Crippen LogP contribution < -0.4 is 4.72 Å². The maximum Gasteiger partial charge on any atom is 0.241 e. The van der Waals surface area contributed by atoms with Gasteiger partial charge in [-0.2, -0.15) is 0 Å². The third-order valence-electron chi connectivity index (χ3n) is 5.10. The van der Waals surface area contributed by atoms with Gasteiger partial charge in [0.25, 0.3) is 0 Å². The van der Waals surface area contributed by atoms with E-state index in [1.165, 1.54) is 0 Å². The zero-order valence-electron chi connectivity index (χ0n) is 14.7. The fourth-order valence-electron chi connectivity index (χ4n) is 3.63. The summed E-state index contributed by atoms with van der Waals surface area (Å²) in [5, 5.41) is 11.9. The van der Waals surface area contributed by atoms with Crippen molar-refractivity contribution in [3.05, 3.63) is 42.5 Å². The number of aliphatic hydroxyl groups excluding tert-OH is 1. The molecule has 6 heteroatoms. The molecule has 0 amide bonds. The maximum absolute atomic E-state index is 12.7. The summed E-state index contributed by atoms with van der Waals surface area (Å²) in [5.41, 5.74) is 0. The molecule has 0 bridgehead atoms. The summed E-state index contributed by atoms with van der Waals surface area (Å²) >= 11 is 0. The first-order valence-corrected chi connectivity index (χ1v) is 10.3. The number of aliphatic hydroxyl groups is 1. The van der Waals surface area contributed by atoms with E-state index in [1.807, 2.05) is 24.3 Å². The molecule has 0 spiro atoms. The quantitative estimate of drug-likeness (QED) is 0.828. The molecule has 2 unspecified atom stereocenters. The van der Waals surface area contributed by atoms with Crippen LogP contribution in [-0.4, -0.2) is 49.7 Å². The lowest BCUT2D eigenvalue weighted by molar-refractivity contribution is 0.0941. The summed E-state index contributed by atoms with van der Waals surface area (Å²) in [6.45, 7) is 4.80. The molecule has 2 aromatic carbocycles. The number of hydrogen-bond donors (Lipinski definition) is 2. The van der Waals surface area contributed by atoms with Crippen molar-refractivity contribution in [3.63, 3.8) is 0 Å². The maximum atomic E-state index is 12.7. The van der Waals surface area contributed by atoms with Crippen LogP contribution in [0.4, 0.5) is 0 Å². The second-order valence-corrected chi connectivity index (χ2v) is 8.69. The van der Waals surface area contributed by atoms with E-state index >= 15 is 0 Å². The fourth-order valence-corrected chi connectivity index (χ4v) is 4.93. The zero-order valence-corrected chi connectivity index (χ0v) is 15.5. The molecular weight excluding hydrogens is 336 g/mol. The second kappa shape index (κ2) is 7.41. The first-order chi connectivity index (χ1) is 11.9. The van der Waals surface area contributed by atoms with E-state index in [9.17, 15) is 13.5 Å². The Labute approximate surface area is 149 Å². The van der Waals surface area contributed by atoms with Gasteiger partial charge in [0, 0.05) is 30.6 Å². The van der Waals surface area contributed by atoms with Gasteiger partial charge in [-0.3, -0.25) is 4.90 Å². The Balaban J connectivity index is 1.69. The van der Waals surface area contributed by atoms with Crippen molar-refractivity contribution in [2.45, 2.75) is 49.8 Å². The summed E-state index contributed by atoms with van der Waals surface area (Å²) < 4.78 is 27.9. The molecule has 1 aliphatic heterocycles. The van der Waals surface area contributed by atoms with Gasteiger partial charge in [0.2, 0.25) is 10.0 Å². The highest BCUT2D eigenvalue weighted by molar-refractivity contribution is 7.89. The highest BCUT2D eigenvalue weighted by atomic mass is 32.2. The van der Waals surface area contributed by atoms with Gasteiger partial charge in [-0.1, -0.05) is 36.4 Å². The molecule has 136 valence electrons. The van der Waals surface area contributed by atoms with E-state index in [4.69, 9.17) is 0 Å². The molecule has 2 aromatic rings. The van der Waals surface area contributed by atoms with Crippen LogP contribution in [-0.2, 0) is 10.0 Å². The van der Waals surface area contributed by atoms with E-state index in [0.29, 0.717) is 24.0 Å². The molecule has 0 aromatic heterocycles. The number of likely N-dealkylation sites (tertiary alicyclic amines) is 1. The first kappa shape index (κ1) is 18.3. The number of nitrogens with zero attached hydrogens (tertiary/aromatic N) is 1. The van der Waals surface area contributed by atoms with Crippen LogP contribution in [0.1, 0.15) is 26.7 Å². The smallest absolute Gasteiger partial charge is 0.241 e. The molecule has 1 aliphatic rings. The molecule has 3 atom stereocenters. The van der Waals surface area contributed by atoms with Crippen molar-refractivity contribution < 1.29 is 13.5 Å². The molecule has 5 nitrogen and oxygen atoms in total. The third kappa shape index (κ3) is 4.03. The minimum Gasteiger partial charge on any atom is -0.390 e. The normalized spacial score (nSPS) is 23.2. The van der Waals surface area contributed by atoms with Crippen molar-refractivity contribution in [3.8, 4) is 0 Å². The van der Waals surface area contributed by atoms with E-state index in [-0.39, 0.29) is 11.4 Å². The molecule has 0 radical (unpaired) electrons. The molecular formula is C19H26N2O3S. The van der Waals surface area contributed by atoms with Gasteiger partial charge >= 0.3 is 0 Å². The Morgan fingerprint density at radius 1 is 1.12 bits per heavy atom. The van der Waals surface area contributed by atoms with Gasteiger partial charge in [-0.05, 0) is 38.1 Å². The predicted molar refractivity (Wildman–Crippen MR) is 100 cm³/mol. The van der Waals surface area contributed by atoms with E-state index < -0.39 is 16.1 Å². The molecule has 1 heterocycles. The lowest BCUT2D eigenvalue weighted by Crippen LogP contribution is -2.43. The average Bonchev–Trinajstić information content (AvgIpc) is 2.91. The summed E-state index contributed by atoms with van der Waals surface area (Å²) in [5.74, 6) is 0. The Kier molecular flexibility index (Phi) is 5.43. The first-order valence-electron chi connectivity index (χ1n) is 8.80. The summed E-state index contributed by atoms with van der Waals surface area (Å²) in [4.78, 5) is 2.50. The average molecular weight is 362 g/mol. The van der Waals surface area contributed by atoms with Crippen molar-refractivity contribution in [1.29, 1.82) is 0 Å². The van der Waals surface area contributed by atoms with Gasteiger partial charge < -0.3 is 5.11 Å². The third-order valence-corrected chi connectivity index (χ3v) is 6.59. The van der Waals surface area contributed by atoms with Crippen molar-refractivity contribution >= 4 is 20.8 Å². The van der Waals surface area contributed by atoms with E-state index in [1.54, 1.807) is 18.2 Å². The van der Waals surface area contributed by atoms with Gasteiger partial charge in [-0.15, -0.1) is 0 Å². The monoisotopic (exact) mass is 362 g/mol. The Bertz CT molecular complexity index is 822. The minimum absolute atomic E-state index is 0.0154. The number of sulfonamides is 1. The Hall–Kier alpha value is -1.47. The Morgan fingerprint density at radius 3 is 2.48 bits per heavy atom. The number of hydrogen-bond acceptors (Lipinski definition) is 4. The van der Waals surface area contributed by atoms with Gasteiger partial charge in [0.05, 0.1) is 11.0 Å². The minimum atomic E-state index is -3.67. The van der Waals surface area contributed by atoms with Gasteiger partial charge in [0.15, 0.2) is 0 Å². The largest absolute Gasteiger partial charge is 0.390 e. The van der Waals surface area contributed by atoms with Crippen LogP contribution in [0.15, 0.2) is 47.4 Å². The van der Waals surface area contributed by atoms with Crippen LogP contribution >= 0.6 is 0 Å². The van der Waals surface area contributed by atoms with E-state index in [0.717, 1.165) is 18.2 Å². The van der Waals surface area contributed by atoms with Gasteiger partial charge in [0.1, 0.15) is 0 Å². The second-order valence-electron chi connectivity index (χ2n) is 6.96. The van der Waals surface area contributed by atoms with Crippen LogP contribution in [0.2, 0.25) is 0 Å². The highest BCUT2D eigenvalue weighted by Gasteiger charge is 2.29. The molecule has 1 saturated heterocycles. The Morgan fingerprint density at radius 2 is 1.76 bits per heavy atom. The lowest BCUT2D eigenvalue weighted by Gasteiger charge is -2.28. The number of fused-ring (bicyclic) bond motifs is 1. The standard InChI is InChI=1S/C19H26N2O3S/c1-14-10-11-15(2)21(14)13-17(22)12-20-25(23,24)19-9-5-7-16-6-3-4-8-18(16)19/h3-9,14-15,17,20,22H,10-13H2,1-2H3/t14?,15?,17-/m1/s1. The van der Waals surface area contributed by atoms with Crippen LogP contribution in [0, 0.1) is 0 Å². The number of nitrogens with one attached hydrogen (secondary N) is 1. The molecule has 3 rings (SSSR count). The predicted octanol–water partition coefficient (Wildman–Crippen LogP) is 2.35. The SMILES string of the molecule is CC1CCC(C)N1C[C@H](O)CNS(=O)(=O)c1cccc2ccccc12. The topological polar surface area (TPSA) is 69.6 Å². The lowest BCUT2D eigenvalue weighted by atomic mass is 10.1. The van der Waals surface area contributed by atoms with Crippen molar-refractivity contribution in [2.75, 3.05) is 13.1 Å². The fraction of sp³-hybridized carbons (Fsp3) is 0.474. The number of rotatable bonds is 6. The number of β-amino-alcohol motifs (C(OH)–C–C–N with tert-alkyl or cyclic N) is 1. The molecule has 1 fully saturated rings. The van der Waals surface area contributed by atoms with Crippen molar-refractivity contribution in [2.24, 2.45) is 0 Å².